The zero-order chi connectivity index (χ0) is 38.2. The van der Waals surface area contributed by atoms with Gasteiger partial charge in [0.25, 0.3) is 0 Å². The first-order chi connectivity index (χ1) is 27.2. The Kier molecular flexibility index (Phi) is 7.80. The van der Waals surface area contributed by atoms with Crippen LogP contribution in [0.1, 0.15) is 66.6 Å². The molecule has 0 radical (unpaired) electrons. The third kappa shape index (κ3) is 5.22. The quantitative estimate of drug-likeness (QED) is 0.160. The van der Waals surface area contributed by atoms with Crippen LogP contribution in [0.3, 0.4) is 0 Å². The molecule has 1 aliphatic heterocycles. The molecule has 0 saturated heterocycles. The Morgan fingerprint density at radius 3 is 1.98 bits per heavy atom. The number of anilines is 3. The Bertz CT molecular complexity index is 2780. The SMILES string of the molecule is C=C/C=C(\C=C1/Cc2cc(-c3ccccc3)ccc2-c2ccc(N3c4ccccc4C(C)(C)c4cc5c(cc43)C(C)(C)c3ccccc3-5)cc21)c1ccccc1. The van der Waals surface area contributed by atoms with Crippen LogP contribution in [0.2, 0.25) is 0 Å². The highest BCUT2D eigenvalue weighted by Crippen LogP contribution is 2.58. The van der Waals surface area contributed by atoms with Crippen LogP contribution in [0.15, 0.2) is 183 Å². The summed E-state index contributed by atoms with van der Waals surface area (Å²) in [5.41, 5.74) is 22.9. The van der Waals surface area contributed by atoms with Crippen molar-refractivity contribution in [2.24, 2.45) is 0 Å². The van der Waals surface area contributed by atoms with Gasteiger partial charge in [0.15, 0.2) is 0 Å². The van der Waals surface area contributed by atoms with Crippen molar-refractivity contribution < 1.29 is 0 Å². The summed E-state index contributed by atoms with van der Waals surface area (Å²) in [6, 6.07) is 58.6. The predicted octanol–water partition coefficient (Wildman–Crippen LogP) is 14.6. The minimum absolute atomic E-state index is 0.104. The largest absolute Gasteiger partial charge is 0.310 e. The van der Waals surface area contributed by atoms with Gasteiger partial charge < -0.3 is 4.90 Å². The standard InChI is InChI=1S/C55H45N/c1-6-17-38(36-18-9-7-10-19-36)30-41-32-40-31-39(37-20-11-8-12-21-37)26-28-43(40)44-29-27-42(33-46(41)44)56-52-25-16-15-24-49(52)55(4,5)51-34-47-45-22-13-14-23-48(45)54(2,3)50(47)35-53(51)56/h6-31,33-35H,1,32H2,2-5H3/b38-17+,41-30+. The summed E-state index contributed by atoms with van der Waals surface area (Å²) in [6.45, 7) is 13.7. The van der Waals surface area contributed by atoms with Gasteiger partial charge in [-0.15, -0.1) is 0 Å². The first-order valence-corrected chi connectivity index (χ1v) is 19.8. The predicted molar refractivity (Wildman–Crippen MR) is 238 cm³/mol. The molecule has 7 aromatic carbocycles. The van der Waals surface area contributed by atoms with Crippen molar-refractivity contribution in [2.45, 2.75) is 44.9 Å². The van der Waals surface area contributed by atoms with E-state index in [1.165, 1.54) is 95.0 Å². The van der Waals surface area contributed by atoms with Gasteiger partial charge in [-0.25, -0.2) is 0 Å². The monoisotopic (exact) mass is 719 g/mol. The van der Waals surface area contributed by atoms with E-state index in [0.29, 0.717) is 0 Å². The third-order valence-electron chi connectivity index (χ3n) is 12.7. The molecule has 0 bridgehead atoms. The van der Waals surface area contributed by atoms with Crippen LogP contribution in [0.25, 0.3) is 44.5 Å². The second-order valence-electron chi connectivity index (χ2n) is 16.6. The molecule has 3 aliphatic rings. The smallest absolute Gasteiger partial charge is 0.0506 e. The molecule has 1 nitrogen and oxygen atoms in total. The topological polar surface area (TPSA) is 3.24 Å². The van der Waals surface area contributed by atoms with Crippen molar-refractivity contribution in [3.05, 3.63) is 221 Å². The summed E-state index contributed by atoms with van der Waals surface area (Å²) in [7, 11) is 0. The van der Waals surface area contributed by atoms with Gasteiger partial charge in [-0.2, -0.15) is 0 Å². The van der Waals surface area contributed by atoms with Crippen molar-refractivity contribution in [1.82, 2.24) is 0 Å². The van der Waals surface area contributed by atoms with Gasteiger partial charge >= 0.3 is 0 Å². The van der Waals surface area contributed by atoms with Crippen molar-refractivity contribution in [3.63, 3.8) is 0 Å². The minimum atomic E-state index is -0.187. The molecule has 0 unspecified atom stereocenters. The molecule has 0 aromatic heterocycles. The number of fused-ring (bicyclic) bond motifs is 8. The maximum Gasteiger partial charge on any atom is 0.0506 e. The molecule has 7 aromatic rings. The zero-order valence-corrected chi connectivity index (χ0v) is 32.6. The van der Waals surface area contributed by atoms with E-state index in [9.17, 15) is 0 Å². The maximum absolute atomic E-state index is 4.11. The summed E-state index contributed by atoms with van der Waals surface area (Å²) in [5, 5.41) is 0. The van der Waals surface area contributed by atoms with E-state index in [1.54, 1.807) is 0 Å². The second-order valence-corrected chi connectivity index (χ2v) is 16.6. The number of benzene rings is 7. The molecule has 2 aliphatic carbocycles. The molecule has 0 spiro atoms. The van der Waals surface area contributed by atoms with E-state index in [-0.39, 0.29) is 10.8 Å². The van der Waals surface area contributed by atoms with Crippen molar-refractivity contribution >= 4 is 28.2 Å². The van der Waals surface area contributed by atoms with Gasteiger partial charge in [0, 0.05) is 16.5 Å². The normalized spacial score (nSPS) is 16.2. The summed E-state index contributed by atoms with van der Waals surface area (Å²) in [5.74, 6) is 0. The molecule has 0 amide bonds. The van der Waals surface area contributed by atoms with Gasteiger partial charge in [-0.05, 0) is 120 Å². The lowest BCUT2D eigenvalue weighted by molar-refractivity contribution is 0.627. The first-order valence-electron chi connectivity index (χ1n) is 19.8. The van der Waals surface area contributed by atoms with Crippen molar-refractivity contribution in [3.8, 4) is 33.4 Å². The minimum Gasteiger partial charge on any atom is -0.310 e. The van der Waals surface area contributed by atoms with Crippen LogP contribution in [0.5, 0.6) is 0 Å². The number of nitrogens with zero attached hydrogens (tertiary/aromatic N) is 1. The zero-order valence-electron chi connectivity index (χ0n) is 32.6. The number of hydrogen-bond acceptors (Lipinski definition) is 1. The average molecular weight is 720 g/mol. The molecule has 1 heterocycles. The van der Waals surface area contributed by atoms with E-state index in [2.05, 4.69) is 209 Å². The first kappa shape index (κ1) is 34.1. The lowest BCUT2D eigenvalue weighted by Crippen LogP contribution is -2.31. The molecule has 1 heteroatoms. The van der Waals surface area contributed by atoms with Gasteiger partial charge in [0.05, 0.1) is 11.4 Å². The van der Waals surface area contributed by atoms with E-state index in [1.807, 2.05) is 6.08 Å². The molecule has 56 heavy (non-hydrogen) atoms. The Balaban J connectivity index is 1.20. The van der Waals surface area contributed by atoms with Crippen LogP contribution < -0.4 is 4.90 Å². The van der Waals surface area contributed by atoms with Crippen LogP contribution >= 0.6 is 0 Å². The maximum atomic E-state index is 4.11. The highest BCUT2D eigenvalue weighted by Gasteiger charge is 2.42. The molecular weight excluding hydrogens is 675 g/mol. The molecular formula is C55H45N. The fourth-order valence-electron chi connectivity index (χ4n) is 9.76. The van der Waals surface area contributed by atoms with Gasteiger partial charge in [-0.1, -0.05) is 180 Å². The van der Waals surface area contributed by atoms with E-state index in [0.717, 1.165) is 12.0 Å². The van der Waals surface area contributed by atoms with Gasteiger partial charge in [0.1, 0.15) is 0 Å². The number of rotatable bonds is 5. The fourth-order valence-corrected chi connectivity index (χ4v) is 9.76. The molecule has 0 N–H and O–H groups in total. The van der Waals surface area contributed by atoms with Crippen LogP contribution in [0, 0.1) is 0 Å². The lowest BCUT2D eigenvalue weighted by Gasteiger charge is -2.43. The fraction of sp³-hybridized carbons (Fsp3) is 0.127. The summed E-state index contributed by atoms with van der Waals surface area (Å²) in [6.07, 6.45) is 7.27. The van der Waals surface area contributed by atoms with Crippen LogP contribution in [-0.4, -0.2) is 0 Å². The highest BCUT2D eigenvalue weighted by atomic mass is 15.2. The summed E-state index contributed by atoms with van der Waals surface area (Å²) >= 11 is 0. The Labute approximate surface area is 331 Å². The molecule has 10 rings (SSSR count). The molecule has 0 fully saturated rings. The summed E-state index contributed by atoms with van der Waals surface area (Å²) in [4.78, 5) is 2.54. The number of para-hydroxylation sites is 1. The van der Waals surface area contributed by atoms with E-state index in [4.69, 9.17) is 0 Å². The van der Waals surface area contributed by atoms with Crippen molar-refractivity contribution in [1.29, 1.82) is 0 Å². The second kappa shape index (κ2) is 12.8. The summed E-state index contributed by atoms with van der Waals surface area (Å²) < 4.78 is 0. The Morgan fingerprint density at radius 1 is 0.518 bits per heavy atom. The Morgan fingerprint density at radius 2 is 1.20 bits per heavy atom. The highest BCUT2D eigenvalue weighted by molar-refractivity contribution is 5.98. The average Bonchev–Trinajstić information content (AvgIpc) is 3.46. The lowest BCUT2D eigenvalue weighted by atomic mass is 9.71. The molecule has 270 valence electrons. The van der Waals surface area contributed by atoms with Gasteiger partial charge in [0.2, 0.25) is 0 Å². The number of allylic oxidation sites excluding steroid dienone is 5. The third-order valence-corrected chi connectivity index (χ3v) is 12.7. The van der Waals surface area contributed by atoms with Crippen LogP contribution in [0.4, 0.5) is 17.1 Å². The Hall–Kier alpha value is -6.44. The van der Waals surface area contributed by atoms with E-state index < -0.39 is 0 Å². The van der Waals surface area contributed by atoms with E-state index >= 15 is 0 Å². The van der Waals surface area contributed by atoms with Crippen molar-refractivity contribution in [2.75, 3.05) is 4.90 Å². The number of hydrogen-bond donors (Lipinski definition) is 0. The van der Waals surface area contributed by atoms with Crippen LogP contribution in [-0.2, 0) is 17.3 Å². The molecule has 0 saturated carbocycles. The van der Waals surface area contributed by atoms with Gasteiger partial charge in [-0.3, -0.25) is 0 Å². The molecule has 0 atom stereocenters.